The van der Waals surface area contributed by atoms with Crippen LogP contribution in [0.1, 0.15) is 37.6 Å². The number of aryl methyl sites for hydroxylation is 3. The summed E-state index contributed by atoms with van der Waals surface area (Å²) >= 11 is 12.1. The van der Waals surface area contributed by atoms with Gasteiger partial charge in [-0.05, 0) is 43.5 Å². The van der Waals surface area contributed by atoms with Gasteiger partial charge in [0.1, 0.15) is 11.3 Å². The molecule has 1 atom stereocenters. The van der Waals surface area contributed by atoms with Crippen molar-refractivity contribution in [2.24, 2.45) is 0 Å². The van der Waals surface area contributed by atoms with Crippen LogP contribution in [0.15, 0.2) is 29.3 Å². The smallest absolute Gasteiger partial charge is 0.151 e. The third kappa shape index (κ3) is 4.50. The second-order valence-electron chi connectivity index (χ2n) is 6.78. The molecular formula is C20H24Cl2N4OS. The summed E-state index contributed by atoms with van der Waals surface area (Å²) < 4.78 is 14.9. The normalized spacial score (nSPS) is 12.6. The van der Waals surface area contributed by atoms with Crippen LogP contribution in [0.25, 0.3) is 11.0 Å². The number of hydrogen-bond acceptors (Lipinski definition) is 4. The van der Waals surface area contributed by atoms with E-state index in [1.165, 1.54) is 0 Å². The molecule has 8 heteroatoms. The number of hydrogen-bond donors (Lipinski definition) is 1. The summed E-state index contributed by atoms with van der Waals surface area (Å²) in [4.78, 5) is 9.61. The summed E-state index contributed by atoms with van der Waals surface area (Å²) in [5.41, 5.74) is 8.88. The molecule has 28 heavy (non-hydrogen) atoms. The minimum Gasteiger partial charge on any atom is -0.382 e. The van der Waals surface area contributed by atoms with Gasteiger partial charge in [-0.25, -0.2) is 9.97 Å². The summed E-state index contributed by atoms with van der Waals surface area (Å²) in [5.74, 6) is 1.97. The molecule has 3 aromatic rings. The van der Waals surface area contributed by atoms with E-state index < -0.39 is 10.8 Å². The van der Waals surface area contributed by atoms with E-state index >= 15 is 0 Å². The van der Waals surface area contributed by atoms with Crippen LogP contribution in [0.2, 0.25) is 10.0 Å². The number of nitrogen functional groups attached to an aromatic ring is 1. The van der Waals surface area contributed by atoms with Crippen molar-refractivity contribution in [3.63, 3.8) is 0 Å². The Kier molecular flexibility index (Phi) is 6.96. The monoisotopic (exact) mass is 438 g/mol. The van der Waals surface area contributed by atoms with Crippen LogP contribution >= 0.6 is 23.2 Å². The molecule has 150 valence electrons. The molecule has 5 nitrogen and oxygen atoms in total. The Balaban J connectivity index is 1.81. The standard InChI is InChI=1S/C20H24Cl2N4OS/c1-3-4-6-17-25-18-19(13(2)12-24-20(18)23)26(17)9-5-10-28(27)16-8-7-14(21)11-15(16)22/h7-8,11-12H,3-6,9-10H2,1-2H3,(H2,23,24). The van der Waals surface area contributed by atoms with Crippen molar-refractivity contribution in [1.82, 2.24) is 14.5 Å². The highest BCUT2D eigenvalue weighted by Gasteiger charge is 2.16. The Morgan fingerprint density at radius 2 is 2.04 bits per heavy atom. The molecule has 0 bridgehead atoms. The summed E-state index contributed by atoms with van der Waals surface area (Å²) in [6.45, 7) is 4.89. The molecule has 0 aliphatic heterocycles. The topological polar surface area (TPSA) is 73.8 Å². The van der Waals surface area contributed by atoms with Crippen molar-refractivity contribution in [3.05, 3.63) is 45.8 Å². The molecule has 2 aromatic heterocycles. The van der Waals surface area contributed by atoms with Crippen LogP contribution in [0.4, 0.5) is 5.82 Å². The van der Waals surface area contributed by atoms with Crippen molar-refractivity contribution in [1.29, 1.82) is 0 Å². The van der Waals surface area contributed by atoms with Crippen molar-refractivity contribution >= 4 is 50.9 Å². The highest BCUT2D eigenvalue weighted by Crippen LogP contribution is 2.26. The Morgan fingerprint density at radius 1 is 1.25 bits per heavy atom. The van der Waals surface area contributed by atoms with E-state index in [1.807, 2.05) is 6.92 Å². The molecule has 2 heterocycles. The number of fused-ring (bicyclic) bond motifs is 1. The van der Waals surface area contributed by atoms with Crippen LogP contribution in [0.3, 0.4) is 0 Å². The van der Waals surface area contributed by atoms with Gasteiger partial charge in [-0.1, -0.05) is 36.5 Å². The Labute approximate surface area is 177 Å². The zero-order valence-corrected chi connectivity index (χ0v) is 18.4. The first-order valence-electron chi connectivity index (χ1n) is 9.36. The molecule has 1 aromatic carbocycles. The fraction of sp³-hybridized carbons (Fsp3) is 0.400. The second-order valence-corrected chi connectivity index (χ2v) is 9.17. The predicted octanol–water partition coefficient (Wildman–Crippen LogP) is 5.17. The van der Waals surface area contributed by atoms with Crippen molar-refractivity contribution in [3.8, 4) is 0 Å². The van der Waals surface area contributed by atoms with Gasteiger partial charge in [-0.2, -0.15) is 0 Å². The Hall–Kier alpha value is -1.63. The maximum Gasteiger partial charge on any atom is 0.151 e. The van der Waals surface area contributed by atoms with Gasteiger partial charge < -0.3 is 10.3 Å². The fourth-order valence-electron chi connectivity index (χ4n) is 3.26. The first kappa shape index (κ1) is 21.1. The number of unbranched alkanes of at least 4 members (excludes halogenated alkanes) is 1. The lowest BCUT2D eigenvalue weighted by molar-refractivity contribution is 0.628. The van der Waals surface area contributed by atoms with Crippen LogP contribution in [0, 0.1) is 6.92 Å². The van der Waals surface area contributed by atoms with E-state index in [0.717, 1.165) is 54.6 Å². The molecule has 3 rings (SSSR count). The van der Waals surface area contributed by atoms with Gasteiger partial charge >= 0.3 is 0 Å². The number of pyridine rings is 1. The fourth-order valence-corrected chi connectivity index (χ4v) is 5.03. The van der Waals surface area contributed by atoms with Gasteiger partial charge in [0.25, 0.3) is 0 Å². The van der Waals surface area contributed by atoms with Gasteiger partial charge in [0.2, 0.25) is 0 Å². The van der Waals surface area contributed by atoms with Crippen molar-refractivity contribution in [2.45, 2.75) is 51.0 Å². The average Bonchev–Trinajstić information content (AvgIpc) is 3.02. The molecule has 0 radical (unpaired) electrons. The molecule has 0 amide bonds. The molecule has 2 N–H and O–H groups in total. The zero-order chi connectivity index (χ0) is 20.3. The largest absolute Gasteiger partial charge is 0.382 e. The Bertz CT molecular complexity index is 1020. The van der Waals surface area contributed by atoms with Crippen LogP contribution < -0.4 is 5.73 Å². The molecule has 0 fully saturated rings. The summed E-state index contributed by atoms with van der Waals surface area (Å²) in [5, 5.41) is 0.982. The van der Waals surface area contributed by atoms with Gasteiger partial charge in [0, 0.05) is 29.9 Å². The van der Waals surface area contributed by atoms with Crippen molar-refractivity contribution in [2.75, 3.05) is 11.5 Å². The molecule has 0 aliphatic carbocycles. The average molecular weight is 439 g/mol. The third-order valence-corrected chi connectivity index (χ3v) is 6.83. The third-order valence-electron chi connectivity index (χ3n) is 4.66. The highest BCUT2D eigenvalue weighted by molar-refractivity contribution is 7.85. The van der Waals surface area contributed by atoms with Crippen LogP contribution in [-0.2, 0) is 23.8 Å². The van der Waals surface area contributed by atoms with E-state index in [1.54, 1.807) is 24.4 Å². The van der Waals surface area contributed by atoms with E-state index in [2.05, 4.69) is 16.5 Å². The number of anilines is 1. The van der Waals surface area contributed by atoms with Crippen LogP contribution in [0.5, 0.6) is 0 Å². The number of imidazole rings is 1. The number of halogens is 2. The second kappa shape index (κ2) is 9.25. The number of nitrogens with zero attached hydrogens (tertiary/aromatic N) is 3. The van der Waals surface area contributed by atoms with Crippen LogP contribution in [-0.4, -0.2) is 24.5 Å². The number of rotatable bonds is 8. The number of benzene rings is 1. The minimum atomic E-state index is -1.18. The van der Waals surface area contributed by atoms with Crippen molar-refractivity contribution < 1.29 is 4.21 Å². The molecule has 0 saturated carbocycles. The van der Waals surface area contributed by atoms with E-state index in [-0.39, 0.29) is 0 Å². The quantitative estimate of drug-likeness (QED) is 0.526. The SMILES string of the molecule is CCCCc1nc2c(N)ncc(C)c2n1CCCS(=O)c1ccc(Cl)cc1Cl. The first-order chi connectivity index (χ1) is 13.4. The van der Waals surface area contributed by atoms with E-state index in [0.29, 0.717) is 26.5 Å². The lowest BCUT2D eigenvalue weighted by atomic mass is 10.2. The van der Waals surface area contributed by atoms with E-state index in [9.17, 15) is 4.21 Å². The van der Waals surface area contributed by atoms with Gasteiger partial charge in [0.05, 0.1) is 26.2 Å². The lowest BCUT2D eigenvalue weighted by Crippen LogP contribution is -2.09. The highest BCUT2D eigenvalue weighted by atomic mass is 35.5. The molecule has 1 unspecified atom stereocenters. The summed E-state index contributed by atoms with van der Waals surface area (Å²) in [6.07, 6.45) is 5.55. The summed E-state index contributed by atoms with van der Waals surface area (Å²) in [6, 6.07) is 5.07. The minimum absolute atomic E-state index is 0.442. The molecular weight excluding hydrogens is 415 g/mol. The first-order valence-corrected chi connectivity index (χ1v) is 11.4. The molecule has 0 spiro atoms. The lowest BCUT2D eigenvalue weighted by Gasteiger charge is -2.11. The van der Waals surface area contributed by atoms with Gasteiger partial charge in [-0.15, -0.1) is 0 Å². The summed E-state index contributed by atoms with van der Waals surface area (Å²) in [7, 11) is -1.18. The number of nitrogens with two attached hydrogens (primary N) is 1. The number of aromatic nitrogens is 3. The zero-order valence-electron chi connectivity index (χ0n) is 16.0. The molecule has 0 saturated heterocycles. The van der Waals surface area contributed by atoms with Gasteiger partial charge in [0.15, 0.2) is 5.82 Å². The van der Waals surface area contributed by atoms with Gasteiger partial charge in [-0.3, -0.25) is 4.21 Å². The maximum absolute atomic E-state index is 12.7. The Morgan fingerprint density at radius 3 is 2.75 bits per heavy atom. The maximum atomic E-state index is 12.7. The predicted molar refractivity (Wildman–Crippen MR) is 118 cm³/mol. The molecule has 0 aliphatic rings. The van der Waals surface area contributed by atoms with E-state index in [4.69, 9.17) is 33.9 Å².